The van der Waals surface area contributed by atoms with Crippen molar-refractivity contribution in [3.63, 3.8) is 0 Å². The third-order valence-electron chi connectivity index (χ3n) is 3.36. The summed E-state index contributed by atoms with van der Waals surface area (Å²) in [7, 11) is 0. The van der Waals surface area contributed by atoms with E-state index < -0.39 is 24.0 Å². The molecule has 1 aliphatic rings. The van der Waals surface area contributed by atoms with Gasteiger partial charge in [-0.25, -0.2) is 4.79 Å². The van der Waals surface area contributed by atoms with E-state index in [2.05, 4.69) is 26.6 Å². The highest BCUT2D eigenvalue weighted by Gasteiger charge is 2.30. The second-order valence-corrected chi connectivity index (χ2v) is 6.29. The van der Waals surface area contributed by atoms with Gasteiger partial charge in [0.15, 0.2) is 0 Å². The first-order valence-corrected chi connectivity index (χ1v) is 7.80. The summed E-state index contributed by atoms with van der Waals surface area (Å²) in [6.07, 6.45) is 0.733. The number of rotatable bonds is 5. The molecule has 3 N–H and O–H groups in total. The summed E-state index contributed by atoms with van der Waals surface area (Å²) in [5.41, 5.74) is 0.677. The van der Waals surface area contributed by atoms with Crippen molar-refractivity contribution in [3.05, 3.63) is 33.3 Å². The van der Waals surface area contributed by atoms with Crippen LogP contribution in [0.4, 0.5) is 0 Å². The number of hydrogen-bond acceptors (Lipinski definition) is 3. The molecule has 0 aliphatic carbocycles. The van der Waals surface area contributed by atoms with Crippen molar-refractivity contribution in [1.29, 1.82) is 0 Å². The number of halogens is 2. The number of hydrogen-bond donors (Lipinski definition) is 3. The van der Waals surface area contributed by atoms with E-state index >= 15 is 0 Å². The second-order valence-electron chi connectivity index (χ2n) is 5.00. The van der Waals surface area contributed by atoms with Gasteiger partial charge in [0.1, 0.15) is 12.1 Å². The van der Waals surface area contributed by atoms with E-state index in [-0.39, 0.29) is 18.7 Å². The Labute approximate surface area is 140 Å². The number of carboxylic acids is 1. The first kappa shape index (κ1) is 16.8. The summed E-state index contributed by atoms with van der Waals surface area (Å²) in [5.74, 6) is -1.84. The van der Waals surface area contributed by atoms with Crippen LogP contribution in [0.1, 0.15) is 18.4 Å². The predicted octanol–water partition coefficient (Wildman–Crippen LogP) is 1.49. The Bertz CT molecular complexity index is 623. The highest BCUT2D eigenvalue weighted by Crippen LogP contribution is 2.22. The quantitative estimate of drug-likeness (QED) is 0.711. The maximum Gasteiger partial charge on any atom is 0.326 e. The molecule has 0 saturated carbocycles. The Balaban J connectivity index is 2.07. The molecule has 8 heteroatoms. The number of benzene rings is 1. The molecule has 1 aliphatic heterocycles. The molecule has 2 amide bonds. The molecule has 0 radical (unpaired) electrons. The van der Waals surface area contributed by atoms with Gasteiger partial charge in [-0.15, -0.1) is 0 Å². The van der Waals surface area contributed by atoms with Crippen LogP contribution in [0.3, 0.4) is 0 Å². The van der Waals surface area contributed by atoms with Crippen LogP contribution in [0.5, 0.6) is 0 Å². The van der Waals surface area contributed by atoms with Gasteiger partial charge in [-0.05, 0) is 30.2 Å². The average Bonchev–Trinajstić information content (AvgIpc) is 2.88. The van der Waals surface area contributed by atoms with Gasteiger partial charge in [0.05, 0.1) is 0 Å². The molecule has 2 atom stereocenters. The predicted molar refractivity (Wildman–Crippen MR) is 83.6 cm³/mol. The molecule has 0 bridgehead atoms. The van der Waals surface area contributed by atoms with E-state index in [4.69, 9.17) is 11.6 Å². The Morgan fingerprint density at radius 1 is 1.50 bits per heavy atom. The summed E-state index contributed by atoms with van der Waals surface area (Å²) in [4.78, 5) is 34.5. The number of carboxylic acid groups (broad SMARTS) is 1. The minimum Gasteiger partial charge on any atom is -0.480 e. The summed E-state index contributed by atoms with van der Waals surface area (Å²) >= 11 is 9.23. The van der Waals surface area contributed by atoms with Crippen molar-refractivity contribution in [2.24, 2.45) is 0 Å². The molecule has 0 unspecified atom stereocenters. The Morgan fingerprint density at radius 2 is 2.23 bits per heavy atom. The van der Waals surface area contributed by atoms with Crippen LogP contribution in [0.15, 0.2) is 22.7 Å². The van der Waals surface area contributed by atoms with Crippen LogP contribution in [0.2, 0.25) is 5.02 Å². The molecule has 1 heterocycles. The molecule has 1 aromatic carbocycles. The molecule has 1 saturated heterocycles. The topological polar surface area (TPSA) is 95.5 Å². The Morgan fingerprint density at radius 3 is 2.82 bits per heavy atom. The molecular formula is C14H14BrClN2O4. The zero-order chi connectivity index (χ0) is 16.3. The highest BCUT2D eigenvalue weighted by atomic mass is 79.9. The zero-order valence-electron chi connectivity index (χ0n) is 11.4. The van der Waals surface area contributed by atoms with Gasteiger partial charge in [-0.3, -0.25) is 9.59 Å². The van der Waals surface area contributed by atoms with Gasteiger partial charge < -0.3 is 15.7 Å². The maximum atomic E-state index is 12.0. The fourth-order valence-electron chi connectivity index (χ4n) is 2.20. The summed E-state index contributed by atoms with van der Waals surface area (Å²) in [6, 6.07) is 3.27. The Hall–Kier alpha value is -1.60. The van der Waals surface area contributed by atoms with Gasteiger partial charge in [-0.1, -0.05) is 27.5 Å². The minimum atomic E-state index is -1.15. The van der Waals surface area contributed by atoms with E-state index in [9.17, 15) is 19.5 Å². The van der Waals surface area contributed by atoms with E-state index in [0.717, 1.165) is 0 Å². The van der Waals surface area contributed by atoms with Gasteiger partial charge >= 0.3 is 5.97 Å². The van der Waals surface area contributed by atoms with E-state index in [0.29, 0.717) is 21.5 Å². The molecule has 6 nitrogen and oxygen atoms in total. The third kappa shape index (κ3) is 4.20. The second kappa shape index (κ2) is 7.11. The lowest BCUT2D eigenvalue weighted by Crippen LogP contribution is -2.49. The zero-order valence-corrected chi connectivity index (χ0v) is 13.8. The fraction of sp³-hybridized carbons (Fsp3) is 0.357. The minimum absolute atomic E-state index is 0.0862. The van der Waals surface area contributed by atoms with Gasteiger partial charge in [-0.2, -0.15) is 0 Å². The highest BCUT2D eigenvalue weighted by molar-refractivity contribution is 9.10. The molecule has 1 aromatic rings. The van der Waals surface area contributed by atoms with Crippen LogP contribution < -0.4 is 10.6 Å². The van der Waals surface area contributed by atoms with Crippen molar-refractivity contribution in [1.82, 2.24) is 10.6 Å². The largest absolute Gasteiger partial charge is 0.480 e. The molecule has 118 valence electrons. The molecule has 1 fully saturated rings. The molecule has 22 heavy (non-hydrogen) atoms. The van der Waals surface area contributed by atoms with Crippen molar-refractivity contribution in [2.45, 2.75) is 31.3 Å². The van der Waals surface area contributed by atoms with Crippen LogP contribution in [0.25, 0.3) is 0 Å². The van der Waals surface area contributed by atoms with Crippen LogP contribution in [0, 0.1) is 0 Å². The number of amides is 2. The van der Waals surface area contributed by atoms with Gasteiger partial charge in [0.2, 0.25) is 11.8 Å². The monoisotopic (exact) mass is 388 g/mol. The van der Waals surface area contributed by atoms with Crippen LogP contribution in [-0.2, 0) is 20.8 Å². The van der Waals surface area contributed by atoms with Crippen molar-refractivity contribution >= 4 is 45.3 Å². The summed E-state index contributed by atoms with van der Waals surface area (Å²) < 4.78 is 0.714. The SMILES string of the molecule is O=C1CC[C@H](C(=O)N[C@H](Cc2cc(Cl)ccc2Br)C(=O)O)N1. The Kier molecular flexibility index (Phi) is 5.42. The fourth-order valence-corrected chi connectivity index (χ4v) is 2.81. The number of aliphatic carboxylic acids is 1. The number of carbonyl (C=O) groups is 3. The van der Waals surface area contributed by atoms with E-state index in [1.165, 1.54) is 0 Å². The van der Waals surface area contributed by atoms with Crippen molar-refractivity contribution < 1.29 is 19.5 Å². The van der Waals surface area contributed by atoms with E-state index in [1.54, 1.807) is 18.2 Å². The lowest BCUT2D eigenvalue weighted by molar-refractivity contribution is -0.142. The average molecular weight is 390 g/mol. The number of carbonyl (C=O) groups excluding carboxylic acids is 2. The van der Waals surface area contributed by atoms with Crippen LogP contribution >= 0.6 is 27.5 Å². The lowest BCUT2D eigenvalue weighted by Gasteiger charge is -2.18. The first-order valence-electron chi connectivity index (χ1n) is 6.63. The standard InChI is InChI=1S/C14H14BrClN2O4/c15-9-2-1-8(16)5-7(9)6-11(14(21)22)18-13(20)10-3-4-12(19)17-10/h1-2,5,10-11H,3-4,6H2,(H,17,19)(H,18,20)(H,21,22)/t10-,11-/m1/s1. The van der Waals surface area contributed by atoms with Crippen molar-refractivity contribution in [2.75, 3.05) is 0 Å². The van der Waals surface area contributed by atoms with Gasteiger partial charge in [0.25, 0.3) is 0 Å². The number of nitrogens with one attached hydrogen (secondary N) is 2. The van der Waals surface area contributed by atoms with Crippen LogP contribution in [-0.4, -0.2) is 35.0 Å². The molecular weight excluding hydrogens is 376 g/mol. The van der Waals surface area contributed by atoms with E-state index in [1.807, 2.05) is 0 Å². The summed E-state index contributed by atoms with van der Waals surface area (Å²) in [6.45, 7) is 0. The molecule has 0 aromatic heterocycles. The smallest absolute Gasteiger partial charge is 0.326 e. The first-order chi connectivity index (χ1) is 10.4. The lowest BCUT2D eigenvalue weighted by atomic mass is 10.1. The maximum absolute atomic E-state index is 12.0. The van der Waals surface area contributed by atoms with Gasteiger partial charge in [0, 0.05) is 22.3 Å². The molecule has 0 spiro atoms. The summed E-state index contributed by atoms with van der Waals surface area (Å²) in [5, 5.41) is 14.7. The third-order valence-corrected chi connectivity index (χ3v) is 4.37. The normalized spacial score (nSPS) is 18.6. The van der Waals surface area contributed by atoms with Crippen molar-refractivity contribution in [3.8, 4) is 0 Å². The molecule has 2 rings (SSSR count).